The maximum atomic E-state index is 3.39. The Bertz CT molecular complexity index is 313. The molecule has 1 aromatic rings. The topological polar surface area (TPSA) is 15.3 Å². The zero-order valence-corrected chi connectivity index (χ0v) is 11.7. The molecule has 0 aromatic heterocycles. The molecule has 0 amide bonds. The summed E-state index contributed by atoms with van der Waals surface area (Å²) >= 11 is 0. The Morgan fingerprint density at radius 3 is 2.29 bits per heavy atom. The molecular formula is C15H26N2. The molecule has 0 saturated heterocycles. The van der Waals surface area contributed by atoms with Gasteiger partial charge in [-0.3, -0.25) is 4.90 Å². The summed E-state index contributed by atoms with van der Waals surface area (Å²) in [6, 6.07) is 6.56. The monoisotopic (exact) mass is 234 g/mol. The van der Waals surface area contributed by atoms with Gasteiger partial charge in [-0.25, -0.2) is 0 Å². The zero-order valence-electron chi connectivity index (χ0n) is 11.7. The molecule has 1 N–H and O–H groups in total. The maximum absolute atomic E-state index is 3.39. The highest BCUT2D eigenvalue weighted by atomic mass is 15.1. The van der Waals surface area contributed by atoms with E-state index in [4.69, 9.17) is 0 Å². The molecule has 2 nitrogen and oxygen atoms in total. The fraction of sp³-hybridized carbons (Fsp3) is 0.600. The van der Waals surface area contributed by atoms with Crippen molar-refractivity contribution in [3.63, 3.8) is 0 Å². The lowest BCUT2D eigenvalue weighted by molar-refractivity contribution is 0.279. The third-order valence-corrected chi connectivity index (χ3v) is 3.33. The van der Waals surface area contributed by atoms with Crippen molar-refractivity contribution in [1.29, 1.82) is 0 Å². The second-order valence-electron chi connectivity index (χ2n) is 4.59. The predicted molar refractivity (Wildman–Crippen MR) is 75.4 cm³/mol. The van der Waals surface area contributed by atoms with E-state index >= 15 is 0 Å². The highest BCUT2D eigenvalue weighted by molar-refractivity contribution is 5.33. The van der Waals surface area contributed by atoms with E-state index in [0.717, 1.165) is 32.7 Å². The number of hydrogen-bond acceptors (Lipinski definition) is 2. The molecule has 0 atom stereocenters. The molecule has 0 radical (unpaired) electrons. The van der Waals surface area contributed by atoms with Gasteiger partial charge in [0.15, 0.2) is 0 Å². The van der Waals surface area contributed by atoms with Gasteiger partial charge in [0.1, 0.15) is 0 Å². The fourth-order valence-electron chi connectivity index (χ4n) is 2.08. The maximum Gasteiger partial charge on any atom is 0.0239 e. The van der Waals surface area contributed by atoms with Crippen molar-refractivity contribution in [2.24, 2.45) is 0 Å². The molecule has 96 valence electrons. The summed E-state index contributed by atoms with van der Waals surface area (Å²) < 4.78 is 0. The largest absolute Gasteiger partial charge is 0.316 e. The van der Waals surface area contributed by atoms with Crippen molar-refractivity contribution in [3.8, 4) is 0 Å². The number of likely N-dealkylation sites (N-methyl/N-ethyl adjacent to an activating group) is 2. The van der Waals surface area contributed by atoms with Crippen LogP contribution in [0.4, 0.5) is 0 Å². The summed E-state index contributed by atoms with van der Waals surface area (Å²) in [5.41, 5.74) is 4.31. The first-order chi connectivity index (χ1) is 8.19. The van der Waals surface area contributed by atoms with Crippen LogP contribution in [0.5, 0.6) is 0 Å². The fourth-order valence-corrected chi connectivity index (χ4v) is 2.08. The summed E-state index contributed by atoms with van der Waals surface area (Å²) in [5.74, 6) is 0. The average molecular weight is 234 g/mol. The Balaban J connectivity index is 2.60. The molecule has 1 rings (SSSR count). The third kappa shape index (κ3) is 4.49. The van der Waals surface area contributed by atoms with Crippen molar-refractivity contribution >= 4 is 0 Å². The average Bonchev–Trinajstić information content (AvgIpc) is 2.32. The van der Waals surface area contributed by atoms with Crippen LogP contribution < -0.4 is 5.32 Å². The van der Waals surface area contributed by atoms with Gasteiger partial charge in [0.2, 0.25) is 0 Å². The van der Waals surface area contributed by atoms with Gasteiger partial charge in [-0.05, 0) is 43.6 Å². The molecule has 0 aliphatic rings. The van der Waals surface area contributed by atoms with Crippen LogP contribution in [0, 0.1) is 13.8 Å². The zero-order chi connectivity index (χ0) is 12.7. The lowest BCUT2D eigenvalue weighted by Gasteiger charge is -2.22. The van der Waals surface area contributed by atoms with Crippen molar-refractivity contribution in [1.82, 2.24) is 10.2 Å². The van der Waals surface area contributed by atoms with E-state index < -0.39 is 0 Å². The van der Waals surface area contributed by atoms with E-state index in [2.05, 4.69) is 56.1 Å². The van der Waals surface area contributed by atoms with E-state index in [-0.39, 0.29) is 0 Å². The van der Waals surface area contributed by atoms with Gasteiger partial charge in [0.05, 0.1) is 0 Å². The number of rotatable bonds is 7. The first kappa shape index (κ1) is 14.2. The van der Waals surface area contributed by atoms with E-state index in [1.54, 1.807) is 0 Å². The van der Waals surface area contributed by atoms with Crippen LogP contribution in [-0.2, 0) is 6.54 Å². The molecule has 0 unspecified atom stereocenters. The molecule has 0 bridgehead atoms. The van der Waals surface area contributed by atoms with Gasteiger partial charge in [-0.15, -0.1) is 0 Å². The Morgan fingerprint density at radius 1 is 1.12 bits per heavy atom. The van der Waals surface area contributed by atoms with E-state index in [1.807, 2.05) is 0 Å². The second-order valence-corrected chi connectivity index (χ2v) is 4.59. The highest BCUT2D eigenvalue weighted by Crippen LogP contribution is 2.15. The van der Waals surface area contributed by atoms with E-state index in [0.29, 0.717) is 0 Å². The van der Waals surface area contributed by atoms with Crippen molar-refractivity contribution in [2.75, 3.05) is 26.2 Å². The molecule has 0 aliphatic carbocycles. The minimum Gasteiger partial charge on any atom is -0.316 e. The summed E-state index contributed by atoms with van der Waals surface area (Å²) in [7, 11) is 0. The molecule has 17 heavy (non-hydrogen) atoms. The summed E-state index contributed by atoms with van der Waals surface area (Å²) in [5, 5.41) is 3.39. The van der Waals surface area contributed by atoms with Crippen LogP contribution in [0.25, 0.3) is 0 Å². The van der Waals surface area contributed by atoms with Crippen LogP contribution >= 0.6 is 0 Å². The Morgan fingerprint density at radius 2 is 1.76 bits per heavy atom. The third-order valence-electron chi connectivity index (χ3n) is 3.33. The summed E-state index contributed by atoms with van der Waals surface area (Å²) in [6.07, 6.45) is 0. The smallest absolute Gasteiger partial charge is 0.0239 e. The van der Waals surface area contributed by atoms with Gasteiger partial charge in [0, 0.05) is 19.6 Å². The SMILES string of the molecule is CCNCCN(CC)Cc1c(C)cccc1C. The molecule has 0 spiro atoms. The number of benzene rings is 1. The van der Waals surface area contributed by atoms with Crippen LogP contribution in [0.2, 0.25) is 0 Å². The Labute approximate surface area is 106 Å². The molecule has 0 aliphatic heterocycles. The molecule has 1 aromatic carbocycles. The van der Waals surface area contributed by atoms with Gasteiger partial charge >= 0.3 is 0 Å². The highest BCUT2D eigenvalue weighted by Gasteiger charge is 2.07. The molecule has 0 heterocycles. The van der Waals surface area contributed by atoms with Crippen molar-refractivity contribution in [3.05, 3.63) is 34.9 Å². The first-order valence-corrected chi connectivity index (χ1v) is 6.67. The minimum atomic E-state index is 1.06. The molecule has 0 saturated carbocycles. The van der Waals surface area contributed by atoms with E-state index in [1.165, 1.54) is 16.7 Å². The standard InChI is InChI=1S/C15H26N2/c1-5-16-10-11-17(6-2)12-15-13(3)8-7-9-14(15)4/h7-9,16H,5-6,10-12H2,1-4H3. The normalized spacial score (nSPS) is 11.1. The lowest BCUT2D eigenvalue weighted by Crippen LogP contribution is -2.32. The summed E-state index contributed by atoms with van der Waals surface area (Å²) in [6.45, 7) is 14.2. The molecule has 2 heteroatoms. The quantitative estimate of drug-likeness (QED) is 0.730. The van der Waals surface area contributed by atoms with Crippen molar-refractivity contribution in [2.45, 2.75) is 34.2 Å². The van der Waals surface area contributed by atoms with Gasteiger partial charge in [-0.2, -0.15) is 0 Å². The number of hydrogen-bond donors (Lipinski definition) is 1. The Hall–Kier alpha value is -0.860. The van der Waals surface area contributed by atoms with Crippen LogP contribution in [0.3, 0.4) is 0 Å². The van der Waals surface area contributed by atoms with Crippen LogP contribution in [0.1, 0.15) is 30.5 Å². The van der Waals surface area contributed by atoms with Gasteiger partial charge < -0.3 is 5.32 Å². The van der Waals surface area contributed by atoms with Gasteiger partial charge in [-0.1, -0.05) is 32.0 Å². The predicted octanol–water partition coefficient (Wildman–Crippen LogP) is 2.73. The Kier molecular flexibility index (Phi) is 6.23. The van der Waals surface area contributed by atoms with E-state index in [9.17, 15) is 0 Å². The molecular weight excluding hydrogens is 208 g/mol. The number of nitrogens with one attached hydrogen (secondary N) is 1. The molecule has 0 fully saturated rings. The second kappa shape index (κ2) is 7.46. The number of aryl methyl sites for hydroxylation is 2. The van der Waals surface area contributed by atoms with Crippen molar-refractivity contribution < 1.29 is 0 Å². The first-order valence-electron chi connectivity index (χ1n) is 6.67. The van der Waals surface area contributed by atoms with Crippen LogP contribution in [-0.4, -0.2) is 31.1 Å². The summed E-state index contributed by atoms with van der Waals surface area (Å²) in [4.78, 5) is 2.50. The van der Waals surface area contributed by atoms with Crippen LogP contribution in [0.15, 0.2) is 18.2 Å². The lowest BCUT2D eigenvalue weighted by atomic mass is 10.0. The number of nitrogens with zero attached hydrogens (tertiary/aromatic N) is 1. The minimum absolute atomic E-state index is 1.06. The van der Waals surface area contributed by atoms with Gasteiger partial charge in [0.25, 0.3) is 0 Å².